The van der Waals surface area contributed by atoms with Gasteiger partial charge < -0.3 is 0 Å². The van der Waals surface area contributed by atoms with Crippen LogP contribution < -0.4 is 0 Å². The number of rotatable bonds is 2. The van der Waals surface area contributed by atoms with Crippen molar-refractivity contribution in [2.45, 2.75) is 19.8 Å². The molecule has 2 heterocycles. The quantitative estimate of drug-likeness (QED) is 0.677. The molecular formula is C14H13BrN4. The summed E-state index contributed by atoms with van der Waals surface area (Å²) in [5.41, 5.74) is 1.04. The number of aromatic nitrogens is 4. The van der Waals surface area contributed by atoms with Crippen LogP contribution in [-0.4, -0.2) is 19.7 Å². The van der Waals surface area contributed by atoms with Crippen molar-refractivity contribution < 1.29 is 0 Å². The van der Waals surface area contributed by atoms with Gasteiger partial charge in [-0.1, -0.05) is 32.0 Å². The predicted octanol–water partition coefficient (Wildman–Crippen LogP) is 3.70. The normalized spacial score (nSPS) is 11.4. The predicted molar refractivity (Wildman–Crippen MR) is 78.4 cm³/mol. The molecule has 0 radical (unpaired) electrons. The molecule has 4 nitrogen and oxygen atoms in total. The van der Waals surface area contributed by atoms with Crippen LogP contribution in [-0.2, 0) is 0 Å². The van der Waals surface area contributed by atoms with E-state index >= 15 is 0 Å². The van der Waals surface area contributed by atoms with E-state index in [1.54, 1.807) is 0 Å². The molecular weight excluding hydrogens is 304 g/mol. The van der Waals surface area contributed by atoms with Crippen LogP contribution in [0.3, 0.4) is 0 Å². The Hall–Kier alpha value is -1.75. The van der Waals surface area contributed by atoms with Gasteiger partial charge >= 0.3 is 0 Å². The van der Waals surface area contributed by atoms with E-state index in [0.717, 1.165) is 27.1 Å². The van der Waals surface area contributed by atoms with E-state index in [4.69, 9.17) is 0 Å². The topological polar surface area (TPSA) is 43.6 Å². The first-order valence-corrected chi connectivity index (χ1v) is 6.92. The second-order valence-electron chi connectivity index (χ2n) is 4.68. The fourth-order valence-electron chi connectivity index (χ4n) is 1.94. The maximum absolute atomic E-state index is 4.59. The Balaban J connectivity index is 2.21. The zero-order valence-electron chi connectivity index (χ0n) is 10.7. The summed E-state index contributed by atoms with van der Waals surface area (Å²) in [6, 6.07) is 9.96. The summed E-state index contributed by atoms with van der Waals surface area (Å²) < 4.78 is 2.62. The van der Waals surface area contributed by atoms with Crippen LogP contribution in [0.4, 0.5) is 0 Å². The summed E-state index contributed by atoms with van der Waals surface area (Å²) in [5, 5.41) is 5.51. The molecule has 5 heteroatoms. The third-order valence-electron chi connectivity index (χ3n) is 2.91. The van der Waals surface area contributed by atoms with Crippen molar-refractivity contribution >= 4 is 26.8 Å². The summed E-state index contributed by atoms with van der Waals surface area (Å²) in [5.74, 6) is 1.87. The molecule has 0 spiro atoms. The van der Waals surface area contributed by atoms with Crippen molar-refractivity contribution in [1.29, 1.82) is 0 Å². The zero-order valence-corrected chi connectivity index (χ0v) is 12.3. The molecule has 0 bridgehead atoms. The Morgan fingerprint density at radius 3 is 2.74 bits per heavy atom. The summed E-state index contributed by atoms with van der Waals surface area (Å²) in [7, 11) is 0. The molecule has 1 aromatic carbocycles. The van der Waals surface area contributed by atoms with Gasteiger partial charge in [-0.05, 0) is 22.0 Å². The maximum Gasteiger partial charge on any atom is 0.158 e. The van der Waals surface area contributed by atoms with E-state index in [-0.39, 0.29) is 5.92 Å². The maximum atomic E-state index is 4.59. The summed E-state index contributed by atoms with van der Waals surface area (Å²) in [6.45, 7) is 4.15. The van der Waals surface area contributed by atoms with E-state index in [2.05, 4.69) is 44.8 Å². The fraction of sp³-hybridized carbons (Fsp3) is 0.214. The van der Waals surface area contributed by atoms with Crippen molar-refractivity contribution in [2.75, 3.05) is 0 Å². The summed E-state index contributed by atoms with van der Waals surface area (Å²) >= 11 is 3.44. The summed E-state index contributed by atoms with van der Waals surface area (Å²) in [4.78, 5) is 8.97. The van der Waals surface area contributed by atoms with Gasteiger partial charge in [-0.25, -0.2) is 14.6 Å². The lowest BCUT2D eigenvalue weighted by molar-refractivity contribution is 0.746. The van der Waals surface area contributed by atoms with Crippen LogP contribution in [0, 0.1) is 0 Å². The standard InChI is InChI=1S/C14H13BrN4/c1-9(2)14-17-12(15)7-13(18-14)19-11-6-4-3-5-10(11)8-16-19/h3-9H,1-2H3. The lowest BCUT2D eigenvalue weighted by Crippen LogP contribution is -2.05. The van der Waals surface area contributed by atoms with Gasteiger partial charge in [0, 0.05) is 17.4 Å². The van der Waals surface area contributed by atoms with Crippen LogP contribution in [0.5, 0.6) is 0 Å². The minimum Gasteiger partial charge on any atom is -0.226 e. The third-order valence-corrected chi connectivity index (χ3v) is 3.32. The van der Waals surface area contributed by atoms with Gasteiger partial charge in [-0.15, -0.1) is 0 Å². The first-order valence-electron chi connectivity index (χ1n) is 6.13. The monoisotopic (exact) mass is 316 g/mol. The van der Waals surface area contributed by atoms with Crippen LogP contribution in [0.15, 0.2) is 41.1 Å². The molecule has 0 atom stereocenters. The Morgan fingerprint density at radius 2 is 1.95 bits per heavy atom. The van der Waals surface area contributed by atoms with Gasteiger partial charge in [-0.3, -0.25) is 0 Å². The number of hydrogen-bond acceptors (Lipinski definition) is 3. The molecule has 3 rings (SSSR count). The van der Waals surface area contributed by atoms with Gasteiger partial charge in [0.1, 0.15) is 10.4 Å². The molecule has 0 saturated carbocycles. The van der Waals surface area contributed by atoms with Gasteiger partial charge in [0.25, 0.3) is 0 Å². The van der Waals surface area contributed by atoms with Gasteiger partial charge in [0.15, 0.2) is 5.82 Å². The average Bonchev–Trinajstić information content (AvgIpc) is 2.81. The largest absolute Gasteiger partial charge is 0.226 e. The number of halogens is 1. The van der Waals surface area contributed by atoms with E-state index in [0.29, 0.717) is 0 Å². The Labute approximate surface area is 119 Å². The molecule has 0 N–H and O–H groups in total. The second-order valence-corrected chi connectivity index (χ2v) is 5.49. The molecule has 0 fully saturated rings. The number of para-hydroxylation sites is 1. The first-order chi connectivity index (χ1) is 9.15. The first kappa shape index (κ1) is 12.3. The third kappa shape index (κ3) is 2.26. The molecule has 0 aliphatic carbocycles. The molecule has 0 aliphatic rings. The Bertz CT molecular complexity index is 733. The van der Waals surface area contributed by atoms with Gasteiger partial charge in [0.2, 0.25) is 0 Å². The minimum atomic E-state index is 0.276. The number of nitrogens with zero attached hydrogens (tertiary/aromatic N) is 4. The Kier molecular flexibility index (Phi) is 3.06. The SMILES string of the molecule is CC(C)c1nc(Br)cc(-n2ncc3ccccc32)n1. The Morgan fingerprint density at radius 1 is 1.16 bits per heavy atom. The number of hydrogen-bond donors (Lipinski definition) is 0. The summed E-state index contributed by atoms with van der Waals surface area (Å²) in [6.07, 6.45) is 1.85. The minimum absolute atomic E-state index is 0.276. The highest BCUT2D eigenvalue weighted by molar-refractivity contribution is 9.10. The van der Waals surface area contributed by atoms with E-state index in [9.17, 15) is 0 Å². The van der Waals surface area contributed by atoms with Crippen LogP contribution in [0.1, 0.15) is 25.6 Å². The average molecular weight is 317 g/mol. The van der Waals surface area contributed by atoms with Crippen LogP contribution in [0.25, 0.3) is 16.7 Å². The lowest BCUT2D eigenvalue weighted by atomic mass is 10.2. The molecule has 0 saturated heterocycles. The van der Waals surface area contributed by atoms with E-state index in [1.165, 1.54) is 0 Å². The molecule has 0 aliphatic heterocycles. The lowest BCUT2D eigenvalue weighted by Gasteiger charge is -2.08. The van der Waals surface area contributed by atoms with Crippen LogP contribution >= 0.6 is 15.9 Å². The van der Waals surface area contributed by atoms with E-state index in [1.807, 2.05) is 41.2 Å². The molecule has 19 heavy (non-hydrogen) atoms. The van der Waals surface area contributed by atoms with Gasteiger partial charge in [-0.2, -0.15) is 5.10 Å². The van der Waals surface area contributed by atoms with Gasteiger partial charge in [0.05, 0.1) is 11.7 Å². The smallest absolute Gasteiger partial charge is 0.158 e. The second kappa shape index (κ2) is 4.74. The van der Waals surface area contributed by atoms with Crippen molar-refractivity contribution in [3.63, 3.8) is 0 Å². The zero-order chi connectivity index (χ0) is 13.4. The molecule has 0 amide bonds. The molecule has 0 unspecified atom stereocenters. The van der Waals surface area contributed by atoms with Crippen molar-refractivity contribution in [3.8, 4) is 5.82 Å². The highest BCUT2D eigenvalue weighted by atomic mass is 79.9. The highest BCUT2D eigenvalue weighted by Crippen LogP contribution is 2.20. The van der Waals surface area contributed by atoms with Crippen LogP contribution in [0.2, 0.25) is 0 Å². The molecule has 3 aromatic rings. The molecule has 2 aromatic heterocycles. The number of fused-ring (bicyclic) bond motifs is 1. The number of benzene rings is 1. The van der Waals surface area contributed by atoms with Crippen molar-refractivity contribution in [1.82, 2.24) is 19.7 Å². The van der Waals surface area contributed by atoms with Crippen molar-refractivity contribution in [2.24, 2.45) is 0 Å². The fourth-order valence-corrected chi connectivity index (χ4v) is 2.33. The van der Waals surface area contributed by atoms with Crippen molar-refractivity contribution in [3.05, 3.63) is 47.0 Å². The van der Waals surface area contributed by atoms with E-state index < -0.39 is 0 Å². The molecule has 96 valence electrons. The highest BCUT2D eigenvalue weighted by Gasteiger charge is 2.10.